The van der Waals surface area contributed by atoms with Crippen LogP contribution in [0.5, 0.6) is 11.5 Å². The van der Waals surface area contributed by atoms with Crippen molar-refractivity contribution in [2.45, 2.75) is 27.2 Å². The van der Waals surface area contributed by atoms with Crippen molar-refractivity contribution in [3.05, 3.63) is 86.5 Å². The summed E-state index contributed by atoms with van der Waals surface area (Å²) < 4.78 is 25.8. The molecule has 232 valence electrons. The lowest BCUT2D eigenvalue weighted by atomic mass is 9.88. The molecule has 11 heteroatoms. The zero-order valence-electron chi connectivity index (χ0n) is 24.9. The molecule has 2 N–H and O–H groups in total. The van der Waals surface area contributed by atoms with Crippen LogP contribution in [0.1, 0.15) is 27.2 Å². The monoisotopic (exact) mass is 612 g/mol. The normalized spacial score (nSPS) is 10.0. The molecular weight excluding hydrogens is 572 g/mol. The Hall–Kier alpha value is -4.64. The maximum Gasteiger partial charge on any atom is 0.330 e. The number of carbonyl (C=O) groups is 3. The molecule has 0 heterocycles. The summed E-state index contributed by atoms with van der Waals surface area (Å²) in [5, 5.41) is 6.80. The lowest BCUT2D eigenvalue weighted by Crippen LogP contribution is -2.38. The number of rotatable bonds is 16. The Morgan fingerprint density at radius 2 is 1.00 bits per heavy atom. The smallest absolute Gasteiger partial charge is 0.330 e. The summed E-state index contributed by atoms with van der Waals surface area (Å²) in [7, 11) is 0. The molecule has 2 rings (SSSR count). The summed E-state index contributed by atoms with van der Waals surface area (Å²) in [5.74, 6) is -0.148. The molecule has 0 unspecified atom stereocenters. The Balaban J connectivity index is 0.000000431. The summed E-state index contributed by atoms with van der Waals surface area (Å²) in [5.41, 5.74) is 0.981. The zero-order valence-corrected chi connectivity index (χ0v) is 25.7. The van der Waals surface area contributed by atoms with Crippen LogP contribution < -0.4 is 20.1 Å². The molecule has 0 saturated heterocycles. The van der Waals surface area contributed by atoms with Gasteiger partial charge in [0, 0.05) is 29.6 Å². The molecule has 0 radical (unpaired) electrons. The third kappa shape index (κ3) is 14.7. The van der Waals surface area contributed by atoms with Crippen molar-refractivity contribution in [2.24, 2.45) is 5.41 Å². The van der Waals surface area contributed by atoms with Crippen molar-refractivity contribution in [3.63, 3.8) is 0 Å². The van der Waals surface area contributed by atoms with Gasteiger partial charge in [-0.1, -0.05) is 26.7 Å². The van der Waals surface area contributed by atoms with Crippen LogP contribution in [0.4, 0.5) is 11.4 Å². The third-order valence-corrected chi connectivity index (χ3v) is 5.86. The first-order valence-corrected chi connectivity index (χ1v) is 14.0. The molecular formula is C32H40N2O8S. The number of benzene rings is 2. The molecule has 2 aromatic carbocycles. The van der Waals surface area contributed by atoms with Crippen LogP contribution in [0.25, 0.3) is 0 Å². The fourth-order valence-corrected chi connectivity index (χ4v) is 3.41. The van der Waals surface area contributed by atoms with Crippen LogP contribution >= 0.6 is 12.2 Å². The topological polar surface area (TPSA) is 121 Å². The van der Waals surface area contributed by atoms with Crippen LogP contribution in [-0.2, 0) is 28.6 Å². The number of hydrogen-bond acceptors (Lipinski definition) is 9. The van der Waals surface area contributed by atoms with E-state index in [9.17, 15) is 14.4 Å². The van der Waals surface area contributed by atoms with Gasteiger partial charge in [-0.05, 0) is 81.0 Å². The molecule has 0 fully saturated rings. The van der Waals surface area contributed by atoms with E-state index in [0.717, 1.165) is 41.1 Å². The predicted molar refractivity (Wildman–Crippen MR) is 171 cm³/mol. The number of hydrogen-bond donors (Lipinski definition) is 2. The zero-order chi connectivity index (χ0) is 32.1. The van der Waals surface area contributed by atoms with E-state index in [1.54, 1.807) is 6.92 Å². The van der Waals surface area contributed by atoms with Crippen LogP contribution in [0.15, 0.2) is 86.5 Å². The Labute approximate surface area is 258 Å². The standard InChI is InChI=1S/C17H20N2O2S.C15H20O6/c1-3-20-15-9-5-13(6-10-15)18-17(22)19-14-7-11-16(12-8-14)21-4-2;1-5-12(16)19-9-15(8-4,10-20-13(17)6-2)11-21-14(18)7-3/h5-12H,3-4H2,1-2H3,(H2,18,19,22);5-7H,1-3,8-11H2,4H3. The first-order chi connectivity index (χ1) is 20.6. The summed E-state index contributed by atoms with van der Waals surface area (Å²) in [4.78, 5) is 33.5. The molecule has 0 atom stereocenters. The van der Waals surface area contributed by atoms with Crippen LogP contribution in [-0.4, -0.2) is 56.1 Å². The van der Waals surface area contributed by atoms with E-state index in [-0.39, 0.29) is 19.8 Å². The minimum absolute atomic E-state index is 0.0802. The first kappa shape index (κ1) is 36.4. The van der Waals surface area contributed by atoms with Crippen molar-refractivity contribution >= 4 is 46.6 Å². The van der Waals surface area contributed by atoms with Gasteiger partial charge >= 0.3 is 17.9 Å². The quantitative estimate of drug-likeness (QED) is 0.103. The highest BCUT2D eigenvalue weighted by molar-refractivity contribution is 7.80. The van der Waals surface area contributed by atoms with E-state index in [4.69, 9.17) is 35.9 Å². The molecule has 0 bridgehead atoms. The SMILES string of the molecule is C=CC(=O)OCC(CC)(COC(=O)C=C)COC(=O)C=C.CCOc1ccc(NC(=S)Nc2ccc(OCC)cc2)cc1. The summed E-state index contributed by atoms with van der Waals surface area (Å²) >= 11 is 5.30. The number of thiocarbonyl (C=S) groups is 1. The molecule has 0 aromatic heterocycles. The van der Waals surface area contributed by atoms with Gasteiger partial charge in [0.15, 0.2) is 5.11 Å². The lowest BCUT2D eigenvalue weighted by Gasteiger charge is -2.30. The van der Waals surface area contributed by atoms with Gasteiger partial charge in [-0.3, -0.25) is 0 Å². The Morgan fingerprint density at radius 1 is 0.674 bits per heavy atom. The fraction of sp³-hybridized carbons (Fsp3) is 0.312. The molecule has 43 heavy (non-hydrogen) atoms. The average molecular weight is 613 g/mol. The molecule has 2 aromatic rings. The highest BCUT2D eigenvalue weighted by atomic mass is 32.1. The minimum Gasteiger partial charge on any atom is -0.494 e. The van der Waals surface area contributed by atoms with Crippen molar-refractivity contribution in [1.29, 1.82) is 0 Å². The first-order valence-electron chi connectivity index (χ1n) is 13.5. The van der Waals surface area contributed by atoms with Crippen molar-refractivity contribution in [3.8, 4) is 11.5 Å². The van der Waals surface area contributed by atoms with Gasteiger partial charge in [0.2, 0.25) is 0 Å². The minimum atomic E-state index is -0.837. The second kappa shape index (κ2) is 20.3. The second-order valence-corrected chi connectivity index (χ2v) is 9.19. The Morgan fingerprint density at radius 3 is 1.26 bits per heavy atom. The van der Waals surface area contributed by atoms with E-state index in [2.05, 4.69) is 30.4 Å². The number of ether oxygens (including phenoxy) is 5. The highest BCUT2D eigenvalue weighted by Gasteiger charge is 2.33. The molecule has 0 amide bonds. The Kier molecular flexibility index (Phi) is 17.2. The summed E-state index contributed by atoms with van der Waals surface area (Å²) in [6.45, 7) is 16.7. The predicted octanol–water partition coefficient (Wildman–Crippen LogP) is 5.86. The highest BCUT2D eigenvalue weighted by Crippen LogP contribution is 2.24. The van der Waals surface area contributed by atoms with Crippen molar-refractivity contribution < 1.29 is 38.1 Å². The maximum atomic E-state index is 11.2. The van der Waals surface area contributed by atoms with Gasteiger partial charge in [-0.15, -0.1) is 0 Å². The number of carbonyl (C=O) groups excluding carboxylic acids is 3. The van der Waals surface area contributed by atoms with E-state index in [0.29, 0.717) is 24.7 Å². The number of esters is 3. The van der Waals surface area contributed by atoms with Gasteiger partial charge in [-0.25, -0.2) is 14.4 Å². The molecule has 10 nitrogen and oxygen atoms in total. The summed E-state index contributed by atoms with van der Waals surface area (Å²) in [6, 6.07) is 15.3. The molecule has 0 aliphatic rings. The van der Waals surface area contributed by atoms with Crippen LogP contribution in [0.2, 0.25) is 0 Å². The maximum absolute atomic E-state index is 11.2. The van der Waals surface area contributed by atoms with Gasteiger partial charge in [-0.2, -0.15) is 0 Å². The molecule has 0 saturated carbocycles. The Bertz CT molecular complexity index is 1100. The van der Waals surface area contributed by atoms with Gasteiger partial charge in [0.05, 0.1) is 18.6 Å². The van der Waals surface area contributed by atoms with E-state index < -0.39 is 23.3 Å². The number of nitrogens with one attached hydrogen (secondary N) is 2. The van der Waals surface area contributed by atoms with Crippen molar-refractivity contribution in [1.82, 2.24) is 0 Å². The molecule has 0 aliphatic heterocycles. The van der Waals surface area contributed by atoms with Crippen LogP contribution in [0, 0.1) is 5.41 Å². The average Bonchev–Trinajstić information content (AvgIpc) is 3.02. The summed E-state index contributed by atoms with van der Waals surface area (Å²) in [6.07, 6.45) is 3.51. The van der Waals surface area contributed by atoms with Gasteiger partial charge in [0.25, 0.3) is 0 Å². The van der Waals surface area contributed by atoms with E-state index in [1.165, 1.54) is 0 Å². The second-order valence-electron chi connectivity index (χ2n) is 8.78. The van der Waals surface area contributed by atoms with Crippen LogP contribution in [0.3, 0.4) is 0 Å². The molecule has 0 spiro atoms. The third-order valence-electron chi connectivity index (χ3n) is 5.66. The fourth-order valence-electron chi connectivity index (χ4n) is 3.18. The van der Waals surface area contributed by atoms with E-state index >= 15 is 0 Å². The number of anilines is 2. The molecule has 0 aliphatic carbocycles. The van der Waals surface area contributed by atoms with Crippen molar-refractivity contribution in [2.75, 3.05) is 43.7 Å². The lowest BCUT2D eigenvalue weighted by molar-refractivity contribution is -0.156. The van der Waals surface area contributed by atoms with Gasteiger partial charge in [0.1, 0.15) is 31.3 Å². The largest absolute Gasteiger partial charge is 0.494 e. The van der Waals surface area contributed by atoms with Gasteiger partial charge < -0.3 is 34.3 Å². The van der Waals surface area contributed by atoms with E-state index in [1.807, 2.05) is 62.4 Å².